The molecular formula is C18H15BrN2O3. The molecule has 0 aliphatic rings. The number of carbonyl (C=O) groups excluding carboxylic acids is 1. The first-order valence-electron chi connectivity index (χ1n) is 7.40. The zero-order chi connectivity index (χ0) is 17.1. The minimum Gasteiger partial charge on any atom is -0.440 e. The highest BCUT2D eigenvalue weighted by molar-refractivity contribution is 9.10. The molecule has 1 aromatic heterocycles. The number of nitrogen functional groups attached to an aromatic ring is 1. The number of amides is 1. The van der Waals surface area contributed by atoms with Gasteiger partial charge in [-0.25, -0.2) is 0 Å². The molecule has 0 saturated heterocycles. The third-order valence-corrected chi connectivity index (χ3v) is 4.14. The van der Waals surface area contributed by atoms with Crippen LogP contribution in [0, 0.1) is 0 Å². The minimum absolute atomic E-state index is 0.159. The van der Waals surface area contributed by atoms with E-state index in [1.165, 1.54) is 0 Å². The van der Waals surface area contributed by atoms with Crippen LogP contribution in [-0.4, -0.2) is 12.5 Å². The van der Waals surface area contributed by atoms with E-state index in [1.807, 2.05) is 30.3 Å². The molecule has 122 valence electrons. The molecule has 0 atom stereocenters. The lowest BCUT2D eigenvalue weighted by Crippen LogP contribution is -2.31. The molecule has 6 heteroatoms. The van der Waals surface area contributed by atoms with E-state index in [0.29, 0.717) is 23.9 Å². The lowest BCUT2D eigenvalue weighted by Gasteiger charge is -2.08. The SMILES string of the molecule is Nc1oc2ccc(Br)cc2c(=O)c1C(=O)NCCc1ccccc1. The predicted octanol–water partition coefficient (Wildman–Crippen LogP) is 3.11. The third-order valence-electron chi connectivity index (χ3n) is 3.65. The van der Waals surface area contributed by atoms with E-state index in [0.717, 1.165) is 10.0 Å². The van der Waals surface area contributed by atoms with Gasteiger partial charge in [0, 0.05) is 11.0 Å². The molecule has 0 radical (unpaired) electrons. The Labute approximate surface area is 146 Å². The molecule has 0 fully saturated rings. The Morgan fingerprint density at radius 1 is 1.17 bits per heavy atom. The van der Waals surface area contributed by atoms with Crippen molar-refractivity contribution in [3.8, 4) is 0 Å². The molecule has 5 nitrogen and oxygen atoms in total. The van der Waals surface area contributed by atoms with Gasteiger partial charge in [0.15, 0.2) is 0 Å². The van der Waals surface area contributed by atoms with Crippen LogP contribution in [0.2, 0.25) is 0 Å². The molecule has 3 aromatic rings. The Balaban J connectivity index is 1.83. The number of fused-ring (bicyclic) bond motifs is 1. The zero-order valence-corrected chi connectivity index (χ0v) is 14.3. The van der Waals surface area contributed by atoms with Crippen LogP contribution in [0.1, 0.15) is 15.9 Å². The van der Waals surface area contributed by atoms with E-state index < -0.39 is 11.3 Å². The van der Waals surface area contributed by atoms with Gasteiger partial charge < -0.3 is 15.5 Å². The highest BCUT2D eigenvalue weighted by Crippen LogP contribution is 2.21. The van der Waals surface area contributed by atoms with Crippen molar-refractivity contribution in [2.45, 2.75) is 6.42 Å². The number of nitrogens with one attached hydrogen (secondary N) is 1. The fraction of sp³-hybridized carbons (Fsp3) is 0.111. The number of rotatable bonds is 4. The van der Waals surface area contributed by atoms with Crippen LogP contribution >= 0.6 is 15.9 Å². The van der Waals surface area contributed by atoms with Gasteiger partial charge in [0.1, 0.15) is 11.1 Å². The first-order chi connectivity index (χ1) is 11.6. The third kappa shape index (κ3) is 3.33. The molecule has 3 rings (SSSR count). The number of halogens is 1. The topological polar surface area (TPSA) is 85.3 Å². The average Bonchev–Trinajstić information content (AvgIpc) is 2.57. The van der Waals surface area contributed by atoms with E-state index >= 15 is 0 Å². The average molecular weight is 387 g/mol. The summed E-state index contributed by atoms with van der Waals surface area (Å²) >= 11 is 3.30. The van der Waals surface area contributed by atoms with Gasteiger partial charge in [-0.3, -0.25) is 9.59 Å². The van der Waals surface area contributed by atoms with Gasteiger partial charge in [-0.1, -0.05) is 46.3 Å². The van der Waals surface area contributed by atoms with E-state index in [-0.39, 0.29) is 11.4 Å². The molecule has 0 unspecified atom stereocenters. The van der Waals surface area contributed by atoms with Crippen LogP contribution in [-0.2, 0) is 6.42 Å². The summed E-state index contributed by atoms with van der Waals surface area (Å²) in [6.07, 6.45) is 0.664. The summed E-state index contributed by atoms with van der Waals surface area (Å²) in [4.78, 5) is 24.9. The van der Waals surface area contributed by atoms with Crippen LogP contribution in [0.4, 0.5) is 5.88 Å². The summed E-state index contributed by atoms with van der Waals surface area (Å²) in [5.74, 6) is -0.703. The van der Waals surface area contributed by atoms with Crippen molar-refractivity contribution in [3.63, 3.8) is 0 Å². The molecule has 1 amide bonds. The Morgan fingerprint density at radius 3 is 2.67 bits per heavy atom. The number of hydrogen-bond donors (Lipinski definition) is 2. The largest absolute Gasteiger partial charge is 0.440 e. The molecule has 24 heavy (non-hydrogen) atoms. The monoisotopic (exact) mass is 386 g/mol. The number of nitrogens with two attached hydrogens (primary N) is 1. The summed E-state index contributed by atoms with van der Waals surface area (Å²) in [5.41, 5.74) is 6.62. The first kappa shape index (κ1) is 16.3. The Hall–Kier alpha value is -2.60. The van der Waals surface area contributed by atoms with Gasteiger partial charge in [0.25, 0.3) is 5.91 Å². The van der Waals surface area contributed by atoms with E-state index in [9.17, 15) is 9.59 Å². The van der Waals surface area contributed by atoms with Crippen molar-refractivity contribution in [2.24, 2.45) is 0 Å². The summed E-state index contributed by atoms with van der Waals surface area (Å²) < 4.78 is 6.14. The fourth-order valence-corrected chi connectivity index (χ4v) is 2.81. The van der Waals surface area contributed by atoms with Gasteiger partial charge >= 0.3 is 0 Å². The number of benzene rings is 2. The highest BCUT2D eigenvalue weighted by Gasteiger charge is 2.19. The van der Waals surface area contributed by atoms with Gasteiger partial charge in [-0.05, 0) is 30.2 Å². The second-order valence-corrected chi connectivity index (χ2v) is 6.22. The quantitative estimate of drug-likeness (QED) is 0.721. The van der Waals surface area contributed by atoms with E-state index in [1.54, 1.807) is 18.2 Å². The molecule has 0 spiro atoms. The van der Waals surface area contributed by atoms with Crippen molar-refractivity contribution in [1.29, 1.82) is 0 Å². The van der Waals surface area contributed by atoms with Gasteiger partial charge in [-0.15, -0.1) is 0 Å². The zero-order valence-electron chi connectivity index (χ0n) is 12.7. The van der Waals surface area contributed by atoms with Crippen molar-refractivity contribution < 1.29 is 9.21 Å². The van der Waals surface area contributed by atoms with Crippen LogP contribution in [0.15, 0.2) is 62.2 Å². The molecule has 0 aliphatic heterocycles. The molecule has 0 bridgehead atoms. The van der Waals surface area contributed by atoms with Gasteiger partial charge in [0.05, 0.1) is 5.39 Å². The van der Waals surface area contributed by atoms with Crippen molar-refractivity contribution in [2.75, 3.05) is 12.3 Å². The van der Waals surface area contributed by atoms with E-state index in [2.05, 4.69) is 21.2 Å². The maximum absolute atomic E-state index is 12.6. The molecule has 0 saturated carbocycles. The van der Waals surface area contributed by atoms with E-state index in [4.69, 9.17) is 10.2 Å². The fourth-order valence-electron chi connectivity index (χ4n) is 2.45. The smallest absolute Gasteiger partial charge is 0.260 e. The van der Waals surface area contributed by atoms with Crippen LogP contribution in [0.25, 0.3) is 11.0 Å². The van der Waals surface area contributed by atoms with Crippen molar-refractivity contribution in [3.05, 3.63) is 74.4 Å². The second-order valence-electron chi connectivity index (χ2n) is 5.30. The van der Waals surface area contributed by atoms with Gasteiger partial charge in [-0.2, -0.15) is 0 Å². The van der Waals surface area contributed by atoms with Gasteiger partial charge in [0.2, 0.25) is 11.3 Å². The highest BCUT2D eigenvalue weighted by atomic mass is 79.9. The summed E-state index contributed by atoms with van der Waals surface area (Å²) in [5, 5.41) is 3.03. The maximum Gasteiger partial charge on any atom is 0.260 e. The van der Waals surface area contributed by atoms with Crippen molar-refractivity contribution in [1.82, 2.24) is 5.32 Å². The molecule has 2 aromatic carbocycles. The molecule has 0 aliphatic carbocycles. The summed E-state index contributed by atoms with van der Waals surface area (Å²) in [6.45, 7) is 0.401. The summed E-state index contributed by atoms with van der Waals surface area (Å²) in [6, 6.07) is 14.7. The molecule has 1 heterocycles. The molecule has 3 N–H and O–H groups in total. The van der Waals surface area contributed by atoms with Crippen LogP contribution in [0.5, 0.6) is 0 Å². The number of carbonyl (C=O) groups is 1. The maximum atomic E-state index is 12.6. The predicted molar refractivity (Wildman–Crippen MR) is 97.1 cm³/mol. The van der Waals surface area contributed by atoms with Crippen LogP contribution in [0.3, 0.4) is 0 Å². The Kier molecular flexibility index (Phi) is 4.66. The van der Waals surface area contributed by atoms with Crippen LogP contribution < -0.4 is 16.5 Å². The standard InChI is InChI=1S/C18H15BrN2O3/c19-12-6-7-14-13(10-12)16(22)15(17(20)24-14)18(23)21-9-8-11-4-2-1-3-5-11/h1-7,10H,8-9,20H2,(H,21,23). The minimum atomic E-state index is -0.529. The number of anilines is 1. The lowest BCUT2D eigenvalue weighted by molar-refractivity contribution is 0.0952. The Morgan fingerprint density at radius 2 is 1.92 bits per heavy atom. The normalized spacial score (nSPS) is 10.7. The Bertz CT molecular complexity index is 952. The molecular weight excluding hydrogens is 372 g/mol. The summed E-state index contributed by atoms with van der Waals surface area (Å²) in [7, 11) is 0. The lowest BCUT2D eigenvalue weighted by atomic mass is 10.1. The van der Waals surface area contributed by atoms with Crippen molar-refractivity contribution >= 4 is 38.7 Å². The number of hydrogen-bond acceptors (Lipinski definition) is 4. The first-order valence-corrected chi connectivity index (χ1v) is 8.19. The second kappa shape index (κ2) is 6.88.